The minimum absolute atomic E-state index is 0.240. The molecule has 0 atom stereocenters. The van der Waals surface area contributed by atoms with E-state index in [-0.39, 0.29) is 5.28 Å². The lowest BCUT2D eigenvalue weighted by Crippen LogP contribution is -1.93. The van der Waals surface area contributed by atoms with Gasteiger partial charge in [-0.15, -0.1) is 11.3 Å². The molecule has 0 bridgehead atoms. The maximum atomic E-state index is 5.70. The molecule has 6 heteroatoms. The zero-order chi connectivity index (χ0) is 11.0. The number of rotatable bonds is 3. The molecule has 3 rings (SSSR count). The zero-order valence-electron chi connectivity index (χ0n) is 8.35. The highest BCUT2D eigenvalue weighted by molar-refractivity contribution is 7.15. The SMILES string of the molecule is Clc1nccc(Nc2ncc(C3CC3)s2)n1. The van der Waals surface area contributed by atoms with Crippen molar-refractivity contribution in [2.24, 2.45) is 0 Å². The molecular formula is C10H9ClN4S. The van der Waals surface area contributed by atoms with Gasteiger partial charge >= 0.3 is 0 Å². The number of halogens is 1. The van der Waals surface area contributed by atoms with E-state index < -0.39 is 0 Å². The average Bonchev–Trinajstić information content (AvgIpc) is 3.01. The predicted octanol–water partition coefficient (Wildman–Crippen LogP) is 3.21. The van der Waals surface area contributed by atoms with Gasteiger partial charge in [-0.25, -0.2) is 15.0 Å². The summed E-state index contributed by atoms with van der Waals surface area (Å²) >= 11 is 7.38. The van der Waals surface area contributed by atoms with Crippen LogP contribution < -0.4 is 5.32 Å². The van der Waals surface area contributed by atoms with Crippen LogP contribution in [-0.2, 0) is 0 Å². The molecule has 0 unspecified atom stereocenters. The molecule has 0 amide bonds. The lowest BCUT2D eigenvalue weighted by molar-refractivity contribution is 1.15. The molecule has 1 saturated carbocycles. The summed E-state index contributed by atoms with van der Waals surface area (Å²) in [5, 5.41) is 4.22. The molecule has 1 N–H and O–H groups in total. The van der Waals surface area contributed by atoms with Crippen LogP contribution in [0.25, 0.3) is 0 Å². The maximum Gasteiger partial charge on any atom is 0.224 e. The van der Waals surface area contributed by atoms with Crippen molar-refractivity contribution < 1.29 is 0 Å². The summed E-state index contributed by atoms with van der Waals surface area (Å²) in [5.41, 5.74) is 0. The minimum Gasteiger partial charge on any atom is -0.316 e. The van der Waals surface area contributed by atoms with Gasteiger partial charge in [-0.3, -0.25) is 0 Å². The van der Waals surface area contributed by atoms with Gasteiger partial charge in [0.05, 0.1) is 0 Å². The Hall–Kier alpha value is -1.20. The van der Waals surface area contributed by atoms with Gasteiger partial charge in [0, 0.05) is 17.3 Å². The number of aromatic nitrogens is 3. The van der Waals surface area contributed by atoms with Crippen molar-refractivity contribution in [1.29, 1.82) is 0 Å². The van der Waals surface area contributed by atoms with Gasteiger partial charge in [0.15, 0.2) is 5.13 Å². The predicted molar refractivity (Wildman–Crippen MR) is 64.4 cm³/mol. The summed E-state index contributed by atoms with van der Waals surface area (Å²) in [6, 6.07) is 1.77. The van der Waals surface area contributed by atoms with Crippen LogP contribution in [0.2, 0.25) is 5.28 Å². The van der Waals surface area contributed by atoms with E-state index >= 15 is 0 Å². The van der Waals surface area contributed by atoms with Crippen LogP contribution in [0.15, 0.2) is 18.5 Å². The van der Waals surface area contributed by atoms with E-state index in [4.69, 9.17) is 11.6 Å². The highest BCUT2D eigenvalue weighted by Crippen LogP contribution is 2.43. The van der Waals surface area contributed by atoms with Crippen molar-refractivity contribution >= 4 is 33.9 Å². The third-order valence-corrected chi connectivity index (χ3v) is 3.62. The molecule has 1 aliphatic carbocycles. The van der Waals surface area contributed by atoms with Crippen molar-refractivity contribution in [2.45, 2.75) is 18.8 Å². The van der Waals surface area contributed by atoms with Crippen molar-refractivity contribution in [3.63, 3.8) is 0 Å². The number of nitrogens with one attached hydrogen (secondary N) is 1. The fraction of sp³-hybridized carbons (Fsp3) is 0.300. The maximum absolute atomic E-state index is 5.70. The molecule has 0 radical (unpaired) electrons. The second kappa shape index (κ2) is 3.99. The van der Waals surface area contributed by atoms with E-state index in [9.17, 15) is 0 Å². The normalized spacial score (nSPS) is 15.1. The van der Waals surface area contributed by atoms with Gasteiger partial charge < -0.3 is 5.32 Å². The highest BCUT2D eigenvalue weighted by Gasteiger charge is 2.25. The summed E-state index contributed by atoms with van der Waals surface area (Å²) in [6.45, 7) is 0. The Labute approximate surface area is 102 Å². The number of hydrogen-bond donors (Lipinski definition) is 1. The van der Waals surface area contributed by atoms with E-state index in [1.165, 1.54) is 17.7 Å². The second-order valence-electron chi connectivity index (χ2n) is 3.68. The number of hydrogen-bond acceptors (Lipinski definition) is 5. The first kappa shape index (κ1) is 9.99. The Morgan fingerprint density at radius 1 is 1.38 bits per heavy atom. The third-order valence-electron chi connectivity index (χ3n) is 2.36. The highest BCUT2D eigenvalue weighted by atomic mass is 35.5. The monoisotopic (exact) mass is 252 g/mol. The minimum atomic E-state index is 0.240. The van der Waals surface area contributed by atoms with Gasteiger partial charge in [-0.1, -0.05) is 0 Å². The van der Waals surface area contributed by atoms with Crippen molar-refractivity contribution in [3.05, 3.63) is 28.6 Å². The van der Waals surface area contributed by atoms with Crippen LogP contribution in [0.1, 0.15) is 23.6 Å². The molecule has 4 nitrogen and oxygen atoms in total. The molecule has 0 aromatic carbocycles. The summed E-state index contributed by atoms with van der Waals surface area (Å²) < 4.78 is 0. The van der Waals surface area contributed by atoms with E-state index in [1.54, 1.807) is 23.6 Å². The summed E-state index contributed by atoms with van der Waals surface area (Å²) in [6.07, 6.45) is 6.14. The quantitative estimate of drug-likeness (QED) is 0.853. The largest absolute Gasteiger partial charge is 0.316 e. The van der Waals surface area contributed by atoms with Gasteiger partial charge in [-0.05, 0) is 36.4 Å². The number of anilines is 2. The van der Waals surface area contributed by atoms with Crippen LogP contribution in [-0.4, -0.2) is 15.0 Å². The molecule has 1 aliphatic rings. The fourth-order valence-electron chi connectivity index (χ4n) is 1.42. The smallest absolute Gasteiger partial charge is 0.224 e. The first-order chi connectivity index (χ1) is 7.81. The molecule has 2 aromatic rings. The summed E-state index contributed by atoms with van der Waals surface area (Å²) in [7, 11) is 0. The second-order valence-corrected chi connectivity index (χ2v) is 5.08. The van der Waals surface area contributed by atoms with Crippen LogP contribution >= 0.6 is 22.9 Å². The van der Waals surface area contributed by atoms with E-state index in [2.05, 4.69) is 20.3 Å². The first-order valence-corrected chi connectivity index (χ1v) is 6.22. The van der Waals surface area contributed by atoms with Gasteiger partial charge in [0.2, 0.25) is 5.28 Å². The Bertz CT molecular complexity index is 509. The first-order valence-electron chi connectivity index (χ1n) is 5.02. The third kappa shape index (κ3) is 2.15. The molecule has 0 aliphatic heterocycles. The molecule has 0 saturated heterocycles. The van der Waals surface area contributed by atoms with Crippen LogP contribution in [0.3, 0.4) is 0 Å². The Morgan fingerprint density at radius 3 is 3.00 bits per heavy atom. The average molecular weight is 253 g/mol. The summed E-state index contributed by atoms with van der Waals surface area (Å²) in [4.78, 5) is 13.5. The van der Waals surface area contributed by atoms with Gasteiger partial charge in [0.1, 0.15) is 5.82 Å². The van der Waals surface area contributed by atoms with Crippen LogP contribution in [0, 0.1) is 0 Å². The molecule has 1 fully saturated rings. The zero-order valence-corrected chi connectivity index (χ0v) is 9.92. The molecule has 82 valence electrons. The lowest BCUT2D eigenvalue weighted by atomic mass is 10.4. The lowest BCUT2D eigenvalue weighted by Gasteiger charge is -1.99. The van der Waals surface area contributed by atoms with Gasteiger partial charge in [0.25, 0.3) is 0 Å². The van der Waals surface area contributed by atoms with E-state index in [0.717, 1.165) is 11.0 Å². The van der Waals surface area contributed by atoms with E-state index in [1.807, 2.05) is 6.20 Å². The fourth-order valence-corrected chi connectivity index (χ4v) is 2.55. The van der Waals surface area contributed by atoms with Crippen molar-refractivity contribution in [3.8, 4) is 0 Å². The Morgan fingerprint density at radius 2 is 2.25 bits per heavy atom. The van der Waals surface area contributed by atoms with E-state index in [0.29, 0.717) is 5.82 Å². The van der Waals surface area contributed by atoms with Crippen molar-refractivity contribution in [2.75, 3.05) is 5.32 Å². The number of thiazole rings is 1. The summed E-state index contributed by atoms with van der Waals surface area (Å²) in [5.74, 6) is 1.42. The molecular weight excluding hydrogens is 244 g/mol. The Kier molecular flexibility index (Phi) is 2.49. The number of nitrogens with zero attached hydrogens (tertiary/aromatic N) is 3. The molecule has 16 heavy (non-hydrogen) atoms. The van der Waals surface area contributed by atoms with Gasteiger partial charge in [-0.2, -0.15) is 0 Å². The standard InChI is InChI=1S/C10H9ClN4S/c11-9-12-4-3-8(14-9)15-10-13-5-7(16-10)6-1-2-6/h3-6H,1-2H2,(H,12,13,14,15). The van der Waals surface area contributed by atoms with Crippen molar-refractivity contribution in [1.82, 2.24) is 15.0 Å². The molecule has 2 aromatic heterocycles. The molecule has 0 spiro atoms. The van der Waals surface area contributed by atoms with Crippen LogP contribution in [0.4, 0.5) is 10.9 Å². The van der Waals surface area contributed by atoms with Crippen LogP contribution in [0.5, 0.6) is 0 Å². The molecule has 2 heterocycles. The topological polar surface area (TPSA) is 50.7 Å². The Balaban J connectivity index is 1.77.